The van der Waals surface area contributed by atoms with Crippen LogP contribution in [0.3, 0.4) is 0 Å². The molecule has 0 aromatic heterocycles. The minimum absolute atomic E-state index is 0.0126. The van der Waals surface area contributed by atoms with E-state index in [1.807, 2.05) is 0 Å². The predicted octanol–water partition coefficient (Wildman–Crippen LogP) is 3.31. The quantitative estimate of drug-likeness (QED) is 0.742. The molecule has 2 N–H and O–H groups in total. The van der Waals surface area contributed by atoms with Crippen LogP contribution in [-0.4, -0.2) is 32.1 Å². The molecule has 0 saturated carbocycles. The first-order valence-electron chi connectivity index (χ1n) is 8.64. The second kappa shape index (κ2) is 8.00. The number of fused-ring (bicyclic) bond motifs is 1. The van der Waals surface area contributed by atoms with Crippen LogP contribution in [0, 0.1) is 12.7 Å². The van der Waals surface area contributed by atoms with E-state index in [0.717, 1.165) is 12.1 Å². The fourth-order valence-corrected chi connectivity index (χ4v) is 4.70. The molecule has 0 saturated heterocycles. The van der Waals surface area contributed by atoms with Crippen molar-refractivity contribution in [3.63, 3.8) is 0 Å². The molecule has 0 radical (unpaired) electrons. The number of anilines is 2. The summed E-state index contributed by atoms with van der Waals surface area (Å²) in [5, 5.41) is 4.07. The summed E-state index contributed by atoms with van der Waals surface area (Å²) in [6.45, 7) is 2.81. The Labute approximate surface area is 172 Å². The third-order valence-corrected chi connectivity index (χ3v) is 7.02. The highest BCUT2D eigenvalue weighted by atomic mass is 35.5. The van der Waals surface area contributed by atoms with Crippen LogP contribution in [0.25, 0.3) is 0 Å². The third kappa shape index (κ3) is 4.51. The molecule has 154 valence electrons. The maximum Gasteiger partial charge on any atom is 0.262 e. The Balaban J connectivity index is 1.78. The zero-order valence-electron chi connectivity index (χ0n) is 15.6. The van der Waals surface area contributed by atoms with Gasteiger partial charge in [0, 0.05) is 12.5 Å². The average Bonchev–Trinajstić information content (AvgIpc) is 2.63. The number of amides is 2. The van der Waals surface area contributed by atoms with Gasteiger partial charge in [0.1, 0.15) is 11.6 Å². The molecule has 29 heavy (non-hydrogen) atoms. The molecule has 1 atom stereocenters. The van der Waals surface area contributed by atoms with Crippen molar-refractivity contribution in [3.8, 4) is 5.75 Å². The summed E-state index contributed by atoms with van der Waals surface area (Å²) in [6.07, 6.45) is -0.329. The minimum atomic E-state index is -3.87. The highest BCUT2D eigenvalue weighted by Gasteiger charge is 2.29. The van der Waals surface area contributed by atoms with Crippen LogP contribution in [-0.2, 0) is 19.4 Å². The van der Waals surface area contributed by atoms with E-state index >= 15 is 0 Å². The highest BCUT2D eigenvalue weighted by molar-refractivity contribution is 7.92. The summed E-state index contributed by atoms with van der Waals surface area (Å²) in [7, 11) is -3.87. The van der Waals surface area contributed by atoms with Crippen molar-refractivity contribution < 1.29 is 27.1 Å². The van der Waals surface area contributed by atoms with Gasteiger partial charge >= 0.3 is 0 Å². The van der Waals surface area contributed by atoms with Gasteiger partial charge in [0.2, 0.25) is 5.91 Å². The van der Waals surface area contributed by atoms with E-state index in [2.05, 4.69) is 10.6 Å². The summed E-state index contributed by atoms with van der Waals surface area (Å²) < 4.78 is 44.4. The van der Waals surface area contributed by atoms with Gasteiger partial charge in [0.25, 0.3) is 5.91 Å². The Morgan fingerprint density at radius 2 is 2.07 bits per heavy atom. The van der Waals surface area contributed by atoms with Gasteiger partial charge in [0.15, 0.2) is 16.4 Å². The number of aryl methyl sites for hydroxylation is 1. The molecule has 2 amide bonds. The normalized spacial score (nSPS) is 14.4. The van der Waals surface area contributed by atoms with E-state index in [-0.39, 0.29) is 40.3 Å². The number of benzene rings is 2. The fraction of sp³-hybridized carbons (Fsp3) is 0.263. The van der Waals surface area contributed by atoms with E-state index in [9.17, 15) is 22.4 Å². The van der Waals surface area contributed by atoms with Gasteiger partial charge in [-0.3, -0.25) is 9.59 Å². The fourth-order valence-electron chi connectivity index (χ4n) is 2.90. The van der Waals surface area contributed by atoms with Crippen LogP contribution in [0.1, 0.15) is 18.9 Å². The molecule has 0 fully saturated rings. The standard InChI is InChI=1S/C19H18ClFN2O5S/c1-10-5-15-16(28-9-19(25)23-15)8-17(10)29(26,27)11(2)6-18(24)22-14-4-3-12(21)7-13(14)20/h3-5,7-8,11H,6,9H2,1-2H3,(H,22,24)(H,23,25). The Morgan fingerprint density at radius 3 is 2.76 bits per heavy atom. The molecule has 0 bridgehead atoms. The van der Waals surface area contributed by atoms with Gasteiger partial charge in [-0.05, 0) is 43.7 Å². The molecule has 0 aliphatic carbocycles. The predicted molar refractivity (Wildman–Crippen MR) is 107 cm³/mol. The molecule has 2 aromatic carbocycles. The van der Waals surface area contributed by atoms with Crippen molar-refractivity contribution in [1.29, 1.82) is 0 Å². The minimum Gasteiger partial charge on any atom is -0.482 e. The van der Waals surface area contributed by atoms with Gasteiger partial charge in [0.05, 0.1) is 26.5 Å². The smallest absolute Gasteiger partial charge is 0.262 e. The van der Waals surface area contributed by atoms with Crippen molar-refractivity contribution >= 4 is 44.6 Å². The van der Waals surface area contributed by atoms with Gasteiger partial charge in [-0.1, -0.05) is 11.6 Å². The lowest BCUT2D eigenvalue weighted by atomic mass is 10.2. The number of hydrogen-bond acceptors (Lipinski definition) is 5. The highest BCUT2D eigenvalue weighted by Crippen LogP contribution is 2.34. The van der Waals surface area contributed by atoms with Crippen LogP contribution in [0.15, 0.2) is 35.2 Å². The Bertz CT molecular complexity index is 1100. The van der Waals surface area contributed by atoms with Crippen molar-refractivity contribution in [2.75, 3.05) is 17.2 Å². The lowest BCUT2D eigenvalue weighted by Gasteiger charge is -2.21. The number of carbonyl (C=O) groups excluding carboxylic acids is 2. The van der Waals surface area contributed by atoms with Crippen LogP contribution in [0.4, 0.5) is 15.8 Å². The molecule has 0 spiro atoms. The maximum atomic E-state index is 13.1. The van der Waals surface area contributed by atoms with E-state index in [0.29, 0.717) is 11.3 Å². The molecule has 2 aromatic rings. The Kier molecular flexibility index (Phi) is 5.81. The van der Waals surface area contributed by atoms with Crippen molar-refractivity contribution in [3.05, 3.63) is 46.7 Å². The van der Waals surface area contributed by atoms with Crippen molar-refractivity contribution in [2.24, 2.45) is 0 Å². The second-order valence-electron chi connectivity index (χ2n) is 6.68. The van der Waals surface area contributed by atoms with E-state index in [1.54, 1.807) is 6.92 Å². The maximum absolute atomic E-state index is 13.1. The number of nitrogens with one attached hydrogen (secondary N) is 2. The zero-order valence-corrected chi connectivity index (χ0v) is 17.2. The second-order valence-corrected chi connectivity index (χ2v) is 9.42. The molecule has 3 rings (SSSR count). The van der Waals surface area contributed by atoms with Crippen LogP contribution >= 0.6 is 11.6 Å². The molecule has 7 nitrogen and oxygen atoms in total. The molecule has 1 heterocycles. The van der Waals surface area contributed by atoms with Crippen LogP contribution in [0.5, 0.6) is 5.75 Å². The first kappa shape index (κ1) is 21.1. The lowest BCUT2D eigenvalue weighted by molar-refractivity contribution is -0.118. The first-order chi connectivity index (χ1) is 13.6. The number of ether oxygens (including phenoxy) is 1. The topological polar surface area (TPSA) is 102 Å². The van der Waals surface area contributed by atoms with E-state index in [4.69, 9.17) is 16.3 Å². The first-order valence-corrected chi connectivity index (χ1v) is 10.6. The summed E-state index contributed by atoms with van der Waals surface area (Å²) >= 11 is 5.88. The monoisotopic (exact) mass is 440 g/mol. The number of sulfone groups is 1. The zero-order chi connectivity index (χ0) is 21.3. The van der Waals surface area contributed by atoms with Crippen molar-refractivity contribution in [2.45, 2.75) is 30.4 Å². The third-order valence-electron chi connectivity index (χ3n) is 4.42. The number of hydrogen-bond donors (Lipinski definition) is 2. The molecule has 1 aliphatic rings. The Hall–Kier alpha value is -2.65. The van der Waals surface area contributed by atoms with Crippen LogP contribution in [0.2, 0.25) is 5.02 Å². The van der Waals surface area contributed by atoms with Crippen LogP contribution < -0.4 is 15.4 Å². The molecular weight excluding hydrogens is 423 g/mol. The summed E-state index contributed by atoms with van der Waals surface area (Å²) in [4.78, 5) is 23.7. The average molecular weight is 441 g/mol. The van der Waals surface area contributed by atoms with E-state index < -0.39 is 26.8 Å². The number of halogens is 2. The Morgan fingerprint density at radius 1 is 1.34 bits per heavy atom. The number of rotatable bonds is 5. The van der Waals surface area contributed by atoms with Gasteiger partial charge in [-0.25, -0.2) is 12.8 Å². The molecular formula is C19H18ClFN2O5S. The number of carbonyl (C=O) groups is 2. The largest absolute Gasteiger partial charge is 0.482 e. The molecule has 1 aliphatic heterocycles. The van der Waals surface area contributed by atoms with Gasteiger partial charge in [-0.2, -0.15) is 0 Å². The molecule has 1 unspecified atom stereocenters. The summed E-state index contributed by atoms with van der Waals surface area (Å²) in [5.41, 5.74) is 1.01. The summed E-state index contributed by atoms with van der Waals surface area (Å²) in [6, 6.07) is 6.35. The van der Waals surface area contributed by atoms with E-state index in [1.165, 1.54) is 25.1 Å². The SMILES string of the molecule is Cc1cc2c(cc1S(=O)(=O)C(C)CC(=O)Nc1ccc(F)cc1Cl)OCC(=O)N2. The summed E-state index contributed by atoms with van der Waals surface area (Å²) in [5.74, 6) is -1.19. The van der Waals surface area contributed by atoms with Gasteiger partial charge in [-0.15, -0.1) is 0 Å². The lowest BCUT2D eigenvalue weighted by Crippen LogP contribution is -2.27. The van der Waals surface area contributed by atoms with Gasteiger partial charge < -0.3 is 15.4 Å². The van der Waals surface area contributed by atoms with Crippen molar-refractivity contribution in [1.82, 2.24) is 0 Å². The molecule has 10 heteroatoms.